The van der Waals surface area contributed by atoms with E-state index in [1.807, 2.05) is 0 Å². The molecule has 12 heteroatoms. The third-order valence-electron chi connectivity index (χ3n) is 7.90. The molecule has 3 aromatic rings. The number of carbonyl (C=O) groups excluding carboxylic acids is 5. The van der Waals surface area contributed by atoms with Crippen molar-refractivity contribution in [3.63, 3.8) is 0 Å². The van der Waals surface area contributed by atoms with Crippen molar-refractivity contribution >= 4 is 29.8 Å². The van der Waals surface area contributed by atoms with Gasteiger partial charge in [0.15, 0.2) is 12.5 Å². The zero-order chi connectivity index (χ0) is 35.7. The van der Waals surface area contributed by atoms with Gasteiger partial charge in [0, 0.05) is 29.4 Å². The minimum Gasteiger partial charge on any atom is -0.497 e. The van der Waals surface area contributed by atoms with Crippen LogP contribution in [0.15, 0.2) is 60.8 Å². The third-order valence-corrected chi connectivity index (χ3v) is 7.90. The molecule has 12 nitrogen and oxygen atoms in total. The number of esters is 2. The number of amides is 4. The lowest BCUT2D eigenvalue weighted by Gasteiger charge is -2.27. The second-order valence-corrected chi connectivity index (χ2v) is 13.9. The van der Waals surface area contributed by atoms with Crippen molar-refractivity contribution in [1.29, 1.82) is 0 Å². The van der Waals surface area contributed by atoms with Crippen LogP contribution >= 0.6 is 0 Å². The first kappa shape index (κ1) is 34.6. The van der Waals surface area contributed by atoms with Crippen molar-refractivity contribution in [2.45, 2.75) is 53.6 Å². The molecule has 4 amide bonds. The SMILES string of the molecule is COc1ccc2c(c1)C(=O)N(C[C@@]1(C#Cc3ccc(-c4ncccc4OC(=O)C(C)(C)C)cc3)NC(=O)N(COC(=O)C(C)(C)C)C1=O)C2. The first-order chi connectivity index (χ1) is 23.0. The molecule has 1 saturated heterocycles. The second-order valence-electron chi connectivity index (χ2n) is 13.9. The summed E-state index contributed by atoms with van der Waals surface area (Å²) >= 11 is 0. The molecule has 0 spiro atoms. The van der Waals surface area contributed by atoms with E-state index in [1.54, 1.807) is 102 Å². The normalized spacial score (nSPS) is 17.2. The highest BCUT2D eigenvalue weighted by atomic mass is 16.5. The van der Waals surface area contributed by atoms with Gasteiger partial charge in [-0.15, -0.1) is 0 Å². The second kappa shape index (κ2) is 13.1. The number of hydrogen-bond acceptors (Lipinski definition) is 9. The van der Waals surface area contributed by atoms with Gasteiger partial charge >= 0.3 is 18.0 Å². The summed E-state index contributed by atoms with van der Waals surface area (Å²) < 4.78 is 16.2. The number of benzene rings is 2. The predicted molar refractivity (Wildman–Crippen MR) is 178 cm³/mol. The molecule has 1 N–H and O–H groups in total. The van der Waals surface area contributed by atoms with Gasteiger partial charge in [-0.25, -0.2) is 9.69 Å². The molecule has 2 aromatic carbocycles. The van der Waals surface area contributed by atoms with Crippen molar-refractivity contribution in [2.75, 3.05) is 20.4 Å². The van der Waals surface area contributed by atoms with Crippen molar-refractivity contribution in [3.05, 3.63) is 77.5 Å². The van der Waals surface area contributed by atoms with Gasteiger partial charge in [0.1, 0.15) is 11.4 Å². The molecule has 2 aliphatic rings. The quantitative estimate of drug-likeness (QED) is 0.218. The summed E-state index contributed by atoms with van der Waals surface area (Å²) in [5.74, 6) is 4.61. The Morgan fingerprint density at radius 1 is 0.959 bits per heavy atom. The minimum atomic E-state index is -1.85. The van der Waals surface area contributed by atoms with Gasteiger partial charge in [-0.2, -0.15) is 0 Å². The summed E-state index contributed by atoms with van der Waals surface area (Å²) in [4.78, 5) is 72.2. The molecule has 1 aromatic heterocycles. The molecule has 2 aliphatic heterocycles. The average molecular weight is 667 g/mol. The summed E-state index contributed by atoms with van der Waals surface area (Å²) in [7, 11) is 1.50. The number of imide groups is 1. The van der Waals surface area contributed by atoms with Gasteiger partial charge < -0.3 is 24.4 Å². The number of aromatic nitrogens is 1. The standard InChI is InChI=1S/C37H38N4O8/c1-35(2,3)32(44)48-22-41-31(43)37(39-34(41)46,21-40-20-25-14-15-26(47-7)19-27(25)30(40)42)17-16-23-10-12-24(13-11-23)29-28(9-8-18-38-29)49-33(45)36(4,5)6/h8-15,18-19H,20-22H2,1-7H3,(H,39,46)/t37-/m1/s1. The number of ether oxygens (including phenoxy) is 3. The van der Waals surface area contributed by atoms with Crippen molar-refractivity contribution < 1.29 is 38.2 Å². The zero-order valence-corrected chi connectivity index (χ0v) is 28.5. The number of nitrogens with zero attached hydrogens (tertiary/aromatic N) is 3. The fourth-order valence-electron chi connectivity index (χ4n) is 5.03. The van der Waals surface area contributed by atoms with E-state index in [-0.39, 0.29) is 19.0 Å². The highest BCUT2D eigenvalue weighted by Crippen LogP contribution is 2.31. The molecule has 254 valence electrons. The molecular formula is C37H38N4O8. The molecule has 0 unspecified atom stereocenters. The third kappa shape index (κ3) is 7.26. The van der Waals surface area contributed by atoms with Crippen molar-refractivity contribution in [2.24, 2.45) is 10.8 Å². The number of urea groups is 1. The van der Waals surface area contributed by atoms with Gasteiger partial charge in [0.25, 0.3) is 11.8 Å². The van der Waals surface area contributed by atoms with Gasteiger partial charge in [-0.3, -0.25) is 24.2 Å². The van der Waals surface area contributed by atoms with Gasteiger partial charge in [0.2, 0.25) is 5.54 Å². The van der Waals surface area contributed by atoms with Crippen LogP contribution < -0.4 is 14.8 Å². The van der Waals surface area contributed by atoms with E-state index in [0.29, 0.717) is 33.9 Å². The topological polar surface area (TPSA) is 144 Å². The largest absolute Gasteiger partial charge is 0.497 e. The molecule has 0 radical (unpaired) electrons. The highest BCUT2D eigenvalue weighted by Gasteiger charge is 2.53. The Labute approximate surface area is 284 Å². The molecule has 1 fully saturated rings. The van der Waals surface area contributed by atoms with Crippen molar-refractivity contribution in [3.8, 4) is 34.6 Å². The molecule has 0 aliphatic carbocycles. The molecule has 0 bridgehead atoms. The monoisotopic (exact) mass is 666 g/mol. The van der Waals surface area contributed by atoms with Crippen LogP contribution in [-0.4, -0.2) is 70.5 Å². The maximum absolute atomic E-state index is 14.0. The number of hydrogen-bond donors (Lipinski definition) is 1. The Bertz CT molecular complexity index is 1900. The fraction of sp³-hybridized carbons (Fsp3) is 0.351. The lowest BCUT2D eigenvalue weighted by molar-refractivity contribution is -0.158. The van der Waals surface area contributed by atoms with E-state index in [2.05, 4.69) is 22.1 Å². The van der Waals surface area contributed by atoms with E-state index in [9.17, 15) is 24.0 Å². The minimum absolute atomic E-state index is 0.185. The summed E-state index contributed by atoms with van der Waals surface area (Å²) in [5, 5.41) is 2.67. The summed E-state index contributed by atoms with van der Waals surface area (Å²) in [5.41, 5.74) is -0.652. The molecule has 5 rings (SSSR count). The van der Waals surface area contributed by atoms with Crippen LogP contribution in [0.5, 0.6) is 11.5 Å². The molecular weight excluding hydrogens is 628 g/mol. The Hall–Kier alpha value is -5.70. The number of nitrogens with one attached hydrogen (secondary N) is 1. The molecule has 49 heavy (non-hydrogen) atoms. The summed E-state index contributed by atoms with van der Waals surface area (Å²) in [6.07, 6.45) is 1.59. The maximum Gasteiger partial charge on any atom is 0.328 e. The van der Waals surface area contributed by atoms with Gasteiger partial charge in [-0.1, -0.05) is 30.0 Å². The summed E-state index contributed by atoms with van der Waals surface area (Å²) in [6, 6.07) is 14.6. The van der Waals surface area contributed by atoms with Crippen LogP contribution in [0.25, 0.3) is 11.3 Å². The molecule has 0 saturated carbocycles. The first-order valence-electron chi connectivity index (χ1n) is 15.6. The first-order valence-corrected chi connectivity index (χ1v) is 15.6. The lowest BCUT2D eigenvalue weighted by Crippen LogP contribution is -2.54. The smallest absolute Gasteiger partial charge is 0.328 e. The number of fused-ring (bicyclic) bond motifs is 1. The van der Waals surface area contributed by atoms with Crippen LogP contribution in [0.4, 0.5) is 4.79 Å². The highest BCUT2D eigenvalue weighted by molar-refractivity contribution is 6.10. The van der Waals surface area contributed by atoms with Crippen LogP contribution in [0, 0.1) is 22.7 Å². The van der Waals surface area contributed by atoms with Gasteiger partial charge in [-0.05, 0) is 83.5 Å². The zero-order valence-electron chi connectivity index (χ0n) is 28.5. The van der Waals surface area contributed by atoms with Crippen molar-refractivity contribution in [1.82, 2.24) is 20.1 Å². The Morgan fingerprint density at radius 2 is 1.65 bits per heavy atom. The van der Waals surface area contributed by atoms with Crippen LogP contribution in [0.2, 0.25) is 0 Å². The Balaban J connectivity index is 1.45. The number of rotatable bonds is 7. The van der Waals surface area contributed by atoms with Gasteiger partial charge in [0.05, 0.1) is 24.5 Å². The Morgan fingerprint density at radius 3 is 2.31 bits per heavy atom. The predicted octanol–water partition coefficient (Wildman–Crippen LogP) is 4.55. The maximum atomic E-state index is 14.0. The van der Waals surface area contributed by atoms with E-state index < -0.39 is 47.0 Å². The van der Waals surface area contributed by atoms with Crippen LogP contribution in [-0.2, 0) is 25.7 Å². The van der Waals surface area contributed by atoms with E-state index in [4.69, 9.17) is 14.2 Å². The fourth-order valence-corrected chi connectivity index (χ4v) is 5.03. The van der Waals surface area contributed by atoms with Crippen LogP contribution in [0.3, 0.4) is 0 Å². The molecule has 3 heterocycles. The number of methoxy groups -OCH3 is 1. The van der Waals surface area contributed by atoms with E-state index in [0.717, 1.165) is 10.5 Å². The Kier molecular flexibility index (Phi) is 9.24. The van der Waals surface area contributed by atoms with E-state index >= 15 is 0 Å². The average Bonchev–Trinajstić information content (AvgIpc) is 3.48. The van der Waals surface area contributed by atoms with Crippen LogP contribution in [0.1, 0.15) is 63.0 Å². The number of carbonyl (C=O) groups is 5. The van der Waals surface area contributed by atoms with E-state index in [1.165, 1.54) is 12.0 Å². The number of pyridine rings is 1. The lowest BCUT2D eigenvalue weighted by atomic mass is 9.97. The molecule has 1 atom stereocenters. The summed E-state index contributed by atoms with van der Waals surface area (Å²) in [6.45, 7) is 9.55.